The molecular weight excluding hydrogens is 406 g/mol. The Morgan fingerprint density at radius 3 is 2.42 bits per heavy atom. The minimum atomic E-state index is -0.117. The number of nitrogens with one attached hydrogen (secondary N) is 1. The van der Waals surface area contributed by atoms with E-state index >= 15 is 0 Å². The van der Waals surface area contributed by atoms with Crippen LogP contribution in [0.25, 0.3) is 0 Å². The average Bonchev–Trinajstić information content (AvgIpc) is 3.02. The molecule has 33 heavy (non-hydrogen) atoms. The first-order chi connectivity index (χ1) is 15.4. The van der Waals surface area contributed by atoms with Gasteiger partial charge in [0.25, 0.3) is 0 Å². The number of fused-ring (bicyclic) bond motifs is 4. The van der Waals surface area contributed by atoms with Crippen molar-refractivity contribution in [3.63, 3.8) is 0 Å². The first kappa shape index (κ1) is 25.3. The normalized spacial score (nSPS) is 42.8. The van der Waals surface area contributed by atoms with E-state index in [1.165, 1.54) is 51.4 Å². The van der Waals surface area contributed by atoms with Crippen molar-refractivity contribution in [3.8, 4) is 0 Å². The Morgan fingerprint density at radius 1 is 1.03 bits per heavy atom. The van der Waals surface area contributed by atoms with Gasteiger partial charge in [0, 0.05) is 12.3 Å². The Labute approximate surface area is 203 Å². The Morgan fingerprint density at radius 2 is 1.76 bits per heavy atom. The number of carbonyl (C=O) groups is 1. The van der Waals surface area contributed by atoms with Crippen molar-refractivity contribution in [2.75, 3.05) is 13.1 Å². The summed E-state index contributed by atoms with van der Waals surface area (Å²) in [5.41, 5.74) is 4.80. The van der Waals surface area contributed by atoms with E-state index in [1.807, 2.05) is 11.1 Å². The van der Waals surface area contributed by atoms with Gasteiger partial charge in [-0.15, -0.1) is 0 Å². The molecule has 0 amide bonds. The summed E-state index contributed by atoms with van der Waals surface area (Å²) in [7, 11) is 0. The van der Waals surface area contributed by atoms with Gasteiger partial charge in [-0.25, -0.2) is 0 Å². The maximum atomic E-state index is 11.8. The lowest BCUT2D eigenvalue weighted by molar-refractivity contribution is -0.167. The fraction of sp³-hybridized carbons (Fsp3) is 0.900. The van der Waals surface area contributed by atoms with E-state index in [9.17, 15) is 4.79 Å². The van der Waals surface area contributed by atoms with Crippen molar-refractivity contribution in [2.24, 2.45) is 39.4 Å². The van der Waals surface area contributed by atoms with E-state index in [0.717, 1.165) is 31.3 Å². The van der Waals surface area contributed by atoms with Crippen LogP contribution in [-0.2, 0) is 9.53 Å². The van der Waals surface area contributed by atoms with Crippen LogP contribution >= 0.6 is 0 Å². The molecule has 3 heteroatoms. The van der Waals surface area contributed by atoms with Crippen LogP contribution in [0, 0.1) is 39.4 Å². The first-order valence-electron chi connectivity index (χ1n) is 14.0. The maximum Gasteiger partial charge on any atom is 0.302 e. The molecule has 2 saturated carbocycles. The van der Waals surface area contributed by atoms with Gasteiger partial charge in [-0.2, -0.15) is 0 Å². The molecule has 0 unspecified atom stereocenters. The van der Waals surface area contributed by atoms with E-state index in [-0.39, 0.29) is 22.9 Å². The Bertz CT molecular complexity index is 799. The fourth-order valence-electron chi connectivity index (χ4n) is 9.73. The van der Waals surface area contributed by atoms with Gasteiger partial charge >= 0.3 is 5.97 Å². The van der Waals surface area contributed by atoms with Crippen molar-refractivity contribution in [3.05, 3.63) is 11.1 Å². The SMILES string of the molecule is CCNCC[C@@H](C)[C@H]1CC[C@@]2(C)C3=C(CC[C@]12C)[C@@]1(C)CC[C@H](OC(C)=O)C(C)(C)[C@@H]1CC3. The highest BCUT2D eigenvalue weighted by molar-refractivity contribution is 5.66. The van der Waals surface area contributed by atoms with E-state index < -0.39 is 0 Å². The summed E-state index contributed by atoms with van der Waals surface area (Å²) in [5.74, 6) is 2.12. The molecule has 2 fully saturated rings. The topological polar surface area (TPSA) is 38.3 Å². The lowest BCUT2D eigenvalue weighted by Crippen LogP contribution is -2.55. The number of ether oxygens (including phenoxy) is 1. The number of esters is 1. The summed E-state index contributed by atoms with van der Waals surface area (Å²) in [5, 5.41) is 3.56. The lowest BCUT2D eigenvalue weighted by atomic mass is 9.43. The predicted molar refractivity (Wildman–Crippen MR) is 137 cm³/mol. The quantitative estimate of drug-likeness (QED) is 0.258. The highest BCUT2D eigenvalue weighted by Crippen LogP contribution is 2.72. The molecule has 0 aliphatic heterocycles. The van der Waals surface area contributed by atoms with Gasteiger partial charge < -0.3 is 10.1 Å². The van der Waals surface area contributed by atoms with Crippen LogP contribution in [0.1, 0.15) is 113 Å². The van der Waals surface area contributed by atoms with Crippen LogP contribution in [0.2, 0.25) is 0 Å². The first-order valence-corrected chi connectivity index (χ1v) is 14.0. The highest BCUT2D eigenvalue weighted by Gasteiger charge is 2.63. The van der Waals surface area contributed by atoms with Crippen molar-refractivity contribution in [1.82, 2.24) is 5.32 Å². The average molecular weight is 458 g/mol. The zero-order valence-electron chi connectivity index (χ0n) is 22.9. The molecule has 0 saturated heterocycles. The molecule has 0 radical (unpaired) electrons. The molecule has 0 heterocycles. The van der Waals surface area contributed by atoms with Crippen LogP contribution in [-0.4, -0.2) is 25.2 Å². The molecule has 4 aliphatic rings. The zero-order chi connectivity index (χ0) is 24.2. The lowest BCUT2D eigenvalue weighted by Gasteiger charge is -2.62. The fourth-order valence-corrected chi connectivity index (χ4v) is 9.73. The van der Waals surface area contributed by atoms with Crippen molar-refractivity contribution < 1.29 is 9.53 Å². The second-order valence-electron chi connectivity index (χ2n) is 13.4. The van der Waals surface area contributed by atoms with E-state index in [0.29, 0.717) is 16.7 Å². The Balaban J connectivity index is 1.63. The van der Waals surface area contributed by atoms with Crippen LogP contribution < -0.4 is 5.32 Å². The van der Waals surface area contributed by atoms with Gasteiger partial charge in [-0.05, 0) is 105 Å². The van der Waals surface area contributed by atoms with Gasteiger partial charge in [-0.3, -0.25) is 4.79 Å². The van der Waals surface area contributed by atoms with Crippen molar-refractivity contribution in [1.29, 1.82) is 0 Å². The molecular formula is C30H51NO2. The van der Waals surface area contributed by atoms with Gasteiger partial charge in [0.1, 0.15) is 6.10 Å². The molecule has 1 N–H and O–H groups in total. The molecule has 0 bridgehead atoms. The molecule has 3 nitrogen and oxygen atoms in total. The maximum absolute atomic E-state index is 11.8. The zero-order valence-corrected chi connectivity index (χ0v) is 22.9. The summed E-state index contributed by atoms with van der Waals surface area (Å²) >= 11 is 0. The van der Waals surface area contributed by atoms with Gasteiger partial charge in [0.15, 0.2) is 0 Å². The third-order valence-corrected chi connectivity index (χ3v) is 11.8. The summed E-state index contributed by atoms with van der Waals surface area (Å²) in [6.07, 6.45) is 11.5. The number of carbonyl (C=O) groups excluding carboxylic acids is 1. The molecule has 0 aromatic heterocycles. The summed E-state index contributed by atoms with van der Waals surface area (Å²) in [6, 6.07) is 0. The van der Waals surface area contributed by atoms with Crippen LogP contribution in [0.5, 0.6) is 0 Å². The Hall–Kier alpha value is -0.830. The number of allylic oxidation sites excluding steroid dienone is 2. The number of hydrogen-bond donors (Lipinski definition) is 1. The van der Waals surface area contributed by atoms with Crippen LogP contribution in [0.3, 0.4) is 0 Å². The van der Waals surface area contributed by atoms with Gasteiger partial charge in [-0.1, -0.05) is 59.6 Å². The van der Waals surface area contributed by atoms with E-state index in [2.05, 4.69) is 53.8 Å². The highest BCUT2D eigenvalue weighted by atomic mass is 16.5. The largest absolute Gasteiger partial charge is 0.462 e. The molecule has 4 aliphatic carbocycles. The molecule has 7 atom stereocenters. The third-order valence-electron chi connectivity index (χ3n) is 11.8. The van der Waals surface area contributed by atoms with Gasteiger partial charge in [0.2, 0.25) is 0 Å². The smallest absolute Gasteiger partial charge is 0.302 e. The summed E-state index contributed by atoms with van der Waals surface area (Å²) in [6.45, 7) is 21.2. The summed E-state index contributed by atoms with van der Waals surface area (Å²) < 4.78 is 5.86. The molecule has 0 aromatic carbocycles. The number of rotatable bonds is 6. The molecule has 4 rings (SSSR count). The van der Waals surface area contributed by atoms with Crippen LogP contribution in [0.4, 0.5) is 0 Å². The van der Waals surface area contributed by atoms with E-state index in [1.54, 1.807) is 6.92 Å². The van der Waals surface area contributed by atoms with Crippen LogP contribution in [0.15, 0.2) is 11.1 Å². The minimum Gasteiger partial charge on any atom is -0.462 e. The Kier molecular flexibility index (Phi) is 6.65. The minimum absolute atomic E-state index is 0.0395. The monoisotopic (exact) mass is 457 g/mol. The predicted octanol–water partition coefficient (Wildman–Crippen LogP) is 7.30. The standard InChI is InChI=1S/C30H51NO2/c1-9-31-19-15-20(2)22-12-17-30(8)24-10-11-25-27(4,5)26(33-21(3)32)14-16-28(25,6)23(24)13-18-29(22,30)7/h20,22,25-26,31H,9-19H2,1-8H3/t20-,22-,25+,26+,28-,29-,30+/m1/s1. The molecule has 0 spiro atoms. The van der Waals surface area contributed by atoms with E-state index in [4.69, 9.17) is 4.74 Å². The van der Waals surface area contributed by atoms with Crippen molar-refractivity contribution in [2.45, 2.75) is 119 Å². The van der Waals surface area contributed by atoms with Gasteiger partial charge in [0.05, 0.1) is 0 Å². The third kappa shape index (κ3) is 3.74. The summed E-state index contributed by atoms with van der Waals surface area (Å²) in [4.78, 5) is 11.8. The number of hydrogen-bond acceptors (Lipinski definition) is 3. The van der Waals surface area contributed by atoms with Crippen molar-refractivity contribution >= 4 is 5.97 Å². The second kappa shape index (κ2) is 8.68. The second-order valence-corrected chi connectivity index (χ2v) is 13.4. The molecule has 0 aromatic rings. The molecule has 188 valence electrons.